The third kappa shape index (κ3) is 3.93. The number of hydrogen-bond donors (Lipinski definition) is 1. The van der Waals surface area contributed by atoms with Gasteiger partial charge in [0.15, 0.2) is 0 Å². The third-order valence-corrected chi connectivity index (χ3v) is 4.35. The van der Waals surface area contributed by atoms with Crippen molar-refractivity contribution < 1.29 is 14.7 Å². The molecule has 0 aromatic carbocycles. The van der Waals surface area contributed by atoms with Crippen LogP contribution in [0.1, 0.15) is 32.6 Å². The van der Waals surface area contributed by atoms with Crippen LogP contribution in [0.2, 0.25) is 0 Å². The van der Waals surface area contributed by atoms with E-state index in [4.69, 9.17) is 5.11 Å². The van der Waals surface area contributed by atoms with Gasteiger partial charge in [0.1, 0.15) is 0 Å². The van der Waals surface area contributed by atoms with Gasteiger partial charge in [0, 0.05) is 19.6 Å². The fourth-order valence-corrected chi connectivity index (χ4v) is 2.95. The van der Waals surface area contributed by atoms with Gasteiger partial charge in [0.05, 0.1) is 12.5 Å². The van der Waals surface area contributed by atoms with E-state index in [1.807, 2.05) is 9.80 Å². The summed E-state index contributed by atoms with van der Waals surface area (Å²) >= 11 is 0. The van der Waals surface area contributed by atoms with Crippen molar-refractivity contribution in [3.8, 4) is 0 Å². The van der Waals surface area contributed by atoms with Crippen LogP contribution in [0.15, 0.2) is 0 Å². The summed E-state index contributed by atoms with van der Waals surface area (Å²) in [6, 6.07) is 0. The molecule has 1 N–H and O–H groups in total. The van der Waals surface area contributed by atoms with Gasteiger partial charge in [-0.05, 0) is 38.1 Å². The molecule has 0 spiro atoms. The Balaban J connectivity index is 1.80. The lowest BCUT2D eigenvalue weighted by molar-refractivity contribution is -0.145. The Morgan fingerprint density at radius 1 is 1.16 bits per heavy atom. The quantitative estimate of drug-likeness (QED) is 0.831. The first-order valence-corrected chi connectivity index (χ1v) is 7.29. The van der Waals surface area contributed by atoms with Crippen molar-refractivity contribution in [2.75, 3.05) is 32.7 Å². The molecule has 0 saturated carbocycles. The summed E-state index contributed by atoms with van der Waals surface area (Å²) in [5.41, 5.74) is 0. The van der Waals surface area contributed by atoms with Crippen LogP contribution in [0.25, 0.3) is 0 Å². The molecular weight excluding hydrogens is 244 g/mol. The Bertz CT molecular complexity index is 338. The summed E-state index contributed by atoms with van der Waals surface area (Å²) in [6.07, 6.45) is 3.79. The maximum atomic E-state index is 12.2. The highest BCUT2D eigenvalue weighted by molar-refractivity contribution is 5.78. The van der Waals surface area contributed by atoms with Gasteiger partial charge in [-0.2, -0.15) is 0 Å². The van der Waals surface area contributed by atoms with Gasteiger partial charge in [0.2, 0.25) is 5.91 Å². The van der Waals surface area contributed by atoms with E-state index < -0.39 is 5.97 Å². The van der Waals surface area contributed by atoms with Gasteiger partial charge in [-0.1, -0.05) is 6.92 Å². The molecule has 2 aliphatic heterocycles. The van der Waals surface area contributed by atoms with E-state index in [1.165, 1.54) is 0 Å². The standard InChI is InChI=1S/C14H24N2O3/c1-11-4-7-16(8-5-11)13(17)10-15-6-2-3-12(9-15)14(18)19/h11-12H,2-10H2,1H3,(H,18,19). The van der Waals surface area contributed by atoms with Crippen molar-refractivity contribution in [2.24, 2.45) is 11.8 Å². The smallest absolute Gasteiger partial charge is 0.307 e. The number of piperidine rings is 2. The largest absolute Gasteiger partial charge is 0.481 e. The van der Waals surface area contributed by atoms with Crippen molar-refractivity contribution >= 4 is 11.9 Å². The Labute approximate surface area is 114 Å². The van der Waals surface area contributed by atoms with E-state index in [2.05, 4.69) is 6.92 Å². The molecule has 2 heterocycles. The molecule has 1 amide bonds. The lowest BCUT2D eigenvalue weighted by Gasteiger charge is -2.34. The molecule has 1 unspecified atom stereocenters. The number of nitrogens with zero attached hydrogens (tertiary/aromatic N) is 2. The normalized spacial score (nSPS) is 26.4. The maximum Gasteiger partial charge on any atom is 0.307 e. The molecule has 0 aromatic rings. The SMILES string of the molecule is CC1CCN(C(=O)CN2CCCC(C(=O)O)C2)CC1. The molecular formula is C14H24N2O3. The maximum absolute atomic E-state index is 12.2. The van der Waals surface area contributed by atoms with Crippen LogP contribution in [0.4, 0.5) is 0 Å². The number of hydrogen-bond acceptors (Lipinski definition) is 3. The molecule has 5 heteroatoms. The van der Waals surface area contributed by atoms with E-state index in [-0.39, 0.29) is 11.8 Å². The van der Waals surface area contributed by atoms with E-state index in [0.717, 1.165) is 51.2 Å². The first kappa shape index (κ1) is 14.3. The van der Waals surface area contributed by atoms with E-state index in [0.29, 0.717) is 13.1 Å². The molecule has 2 saturated heterocycles. The predicted octanol–water partition coefficient (Wildman–Crippen LogP) is 1.04. The van der Waals surface area contributed by atoms with Crippen molar-refractivity contribution in [2.45, 2.75) is 32.6 Å². The second-order valence-electron chi connectivity index (χ2n) is 5.98. The Morgan fingerprint density at radius 2 is 1.84 bits per heavy atom. The first-order chi connectivity index (χ1) is 9.06. The summed E-state index contributed by atoms with van der Waals surface area (Å²) in [5.74, 6) is -0.153. The van der Waals surface area contributed by atoms with Gasteiger partial charge >= 0.3 is 5.97 Å². The van der Waals surface area contributed by atoms with Gasteiger partial charge in [-0.3, -0.25) is 14.5 Å². The number of amides is 1. The van der Waals surface area contributed by atoms with Crippen molar-refractivity contribution in [1.82, 2.24) is 9.80 Å². The molecule has 2 fully saturated rings. The molecule has 0 aromatic heterocycles. The number of carbonyl (C=O) groups is 2. The molecule has 0 bridgehead atoms. The summed E-state index contributed by atoms with van der Waals surface area (Å²) in [4.78, 5) is 27.1. The summed E-state index contributed by atoms with van der Waals surface area (Å²) in [7, 11) is 0. The molecule has 108 valence electrons. The predicted molar refractivity (Wildman–Crippen MR) is 71.8 cm³/mol. The highest BCUT2D eigenvalue weighted by Crippen LogP contribution is 2.19. The second kappa shape index (κ2) is 6.37. The number of rotatable bonds is 3. The van der Waals surface area contributed by atoms with Crippen LogP contribution in [-0.4, -0.2) is 59.5 Å². The number of carbonyl (C=O) groups excluding carboxylic acids is 1. The molecule has 2 aliphatic rings. The zero-order valence-electron chi connectivity index (χ0n) is 11.7. The minimum Gasteiger partial charge on any atom is -0.481 e. The lowest BCUT2D eigenvalue weighted by atomic mass is 9.97. The van der Waals surface area contributed by atoms with E-state index in [1.54, 1.807) is 0 Å². The van der Waals surface area contributed by atoms with E-state index >= 15 is 0 Å². The fourth-order valence-electron chi connectivity index (χ4n) is 2.95. The van der Waals surface area contributed by atoms with Gasteiger partial charge in [-0.15, -0.1) is 0 Å². The van der Waals surface area contributed by atoms with Crippen molar-refractivity contribution in [3.63, 3.8) is 0 Å². The molecule has 5 nitrogen and oxygen atoms in total. The Hall–Kier alpha value is -1.10. The average molecular weight is 268 g/mol. The van der Waals surface area contributed by atoms with Crippen LogP contribution in [-0.2, 0) is 9.59 Å². The van der Waals surface area contributed by atoms with Gasteiger partial charge in [-0.25, -0.2) is 0 Å². The highest BCUT2D eigenvalue weighted by Gasteiger charge is 2.28. The Morgan fingerprint density at radius 3 is 2.47 bits per heavy atom. The summed E-state index contributed by atoms with van der Waals surface area (Å²) in [5, 5.41) is 9.05. The summed E-state index contributed by atoms with van der Waals surface area (Å²) < 4.78 is 0. The number of aliphatic carboxylic acids is 1. The lowest BCUT2D eigenvalue weighted by Crippen LogP contribution is -2.47. The molecule has 1 atom stereocenters. The minimum atomic E-state index is -0.732. The first-order valence-electron chi connectivity index (χ1n) is 7.29. The van der Waals surface area contributed by atoms with Crippen LogP contribution < -0.4 is 0 Å². The van der Waals surface area contributed by atoms with Crippen LogP contribution in [0.5, 0.6) is 0 Å². The zero-order chi connectivity index (χ0) is 13.8. The third-order valence-electron chi connectivity index (χ3n) is 4.35. The van der Waals surface area contributed by atoms with Crippen molar-refractivity contribution in [1.29, 1.82) is 0 Å². The van der Waals surface area contributed by atoms with Crippen molar-refractivity contribution in [3.05, 3.63) is 0 Å². The van der Waals surface area contributed by atoms with Gasteiger partial charge in [0.25, 0.3) is 0 Å². The average Bonchev–Trinajstić information content (AvgIpc) is 2.39. The molecule has 0 radical (unpaired) electrons. The molecule has 2 rings (SSSR count). The number of likely N-dealkylation sites (tertiary alicyclic amines) is 2. The van der Waals surface area contributed by atoms with Crippen LogP contribution in [0, 0.1) is 11.8 Å². The number of carboxylic acids is 1. The monoisotopic (exact) mass is 268 g/mol. The molecule has 0 aliphatic carbocycles. The van der Waals surface area contributed by atoms with Gasteiger partial charge < -0.3 is 10.0 Å². The molecule has 19 heavy (non-hydrogen) atoms. The van der Waals surface area contributed by atoms with Crippen LogP contribution in [0.3, 0.4) is 0 Å². The minimum absolute atomic E-state index is 0.165. The topological polar surface area (TPSA) is 60.9 Å². The number of carboxylic acid groups (broad SMARTS) is 1. The second-order valence-corrected chi connectivity index (χ2v) is 5.98. The Kier molecular flexibility index (Phi) is 4.80. The highest BCUT2D eigenvalue weighted by atomic mass is 16.4. The zero-order valence-corrected chi connectivity index (χ0v) is 11.7. The van der Waals surface area contributed by atoms with E-state index in [9.17, 15) is 9.59 Å². The van der Waals surface area contributed by atoms with Crippen LogP contribution >= 0.6 is 0 Å². The summed E-state index contributed by atoms with van der Waals surface area (Å²) in [6.45, 7) is 5.69. The fraction of sp³-hybridized carbons (Fsp3) is 0.857.